The number of H-pyrrole nitrogens is 2. The van der Waals surface area contributed by atoms with Crippen molar-refractivity contribution in [2.24, 2.45) is 0 Å². The molecule has 0 amide bonds. The number of aromatic nitrogens is 2. The van der Waals surface area contributed by atoms with E-state index in [0.29, 0.717) is 0 Å². The molecule has 2 N–H and O–H groups in total. The summed E-state index contributed by atoms with van der Waals surface area (Å²) < 4.78 is 4.82. The third-order valence-electron chi connectivity index (χ3n) is 1.38. The average molecular weight is 310 g/mol. The van der Waals surface area contributed by atoms with E-state index in [4.69, 9.17) is 0 Å². The molecule has 0 aromatic carbocycles. The van der Waals surface area contributed by atoms with Crippen LogP contribution in [0.2, 0.25) is 0 Å². The maximum absolute atomic E-state index is 11.2. The number of ether oxygens (including phenoxy) is 1. The summed E-state index contributed by atoms with van der Waals surface area (Å²) in [5, 5.41) is 0. The van der Waals surface area contributed by atoms with Gasteiger partial charge in [-0.2, -0.15) is 0 Å². The molecule has 0 unspecified atom stereocenters. The van der Waals surface area contributed by atoms with E-state index in [2.05, 4.69) is 9.72 Å². The number of hydrogen-bond acceptors (Lipinski definition) is 4. The van der Waals surface area contributed by atoms with Crippen LogP contribution in [0.1, 0.15) is 17.3 Å². The van der Waals surface area contributed by atoms with E-state index in [1.165, 1.54) is 0 Å². The summed E-state index contributed by atoms with van der Waals surface area (Å²) in [4.78, 5) is 37.4. The van der Waals surface area contributed by atoms with Crippen molar-refractivity contribution < 1.29 is 9.53 Å². The molecule has 0 spiro atoms. The van der Waals surface area contributed by atoms with E-state index in [9.17, 15) is 14.4 Å². The van der Waals surface area contributed by atoms with Gasteiger partial charge in [-0.3, -0.25) is 9.78 Å². The van der Waals surface area contributed by atoms with Gasteiger partial charge in [0.1, 0.15) is 3.70 Å². The predicted octanol–water partition coefficient (Wildman–Crippen LogP) is -0.155. The monoisotopic (exact) mass is 310 g/mol. The third kappa shape index (κ3) is 2.22. The summed E-state index contributed by atoms with van der Waals surface area (Å²) in [6, 6.07) is 0. The summed E-state index contributed by atoms with van der Waals surface area (Å²) in [6.07, 6.45) is 0. The molecule has 1 aromatic rings. The number of carbonyl (C=O) groups excluding carboxylic acids is 1. The number of hydrogen-bond donors (Lipinski definition) is 2. The van der Waals surface area contributed by atoms with E-state index >= 15 is 0 Å². The second-order valence-corrected chi connectivity index (χ2v) is 3.40. The van der Waals surface area contributed by atoms with Gasteiger partial charge in [0, 0.05) is 0 Å². The van der Waals surface area contributed by atoms with Gasteiger partial charge in [0.15, 0.2) is 5.56 Å². The summed E-state index contributed by atoms with van der Waals surface area (Å²) in [6.45, 7) is 1.80. The summed E-state index contributed by atoms with van der Waals surface area (Å²) >= 11 is 1.69. The van der Waals surface area contributed by atoms with Crippen LogP contribution in [0.4, 0.5) is 0 Å². The minimum absolute atomic E-state index is 0.174. The fourth-order valence-corrected chi connectivity index (χ4v) is 1.55. The maximum atomic E-state index is 11.2. The molecule has 1 rings (SSSR count). The minimum Gasteiger partial charge on any atom is -0.462 e. The molecule has 1 heterocycles. The minimum atomic E-state index is -0.741. The van der Waals surface area contributed by atoms with E-state index in [1.807, 2.05) is 4.98 Å². The van der Waals surface area contributed by atoms with Gasteiger partial charge in [0.05, 0.1) is 6.61 Å². The first-order chi connectivity index (χ1) is 6.56. The first-order valence-corrected chi connectivity index (χ1v) is 4.83. The van der Waals surface area contributed by atoms with Crippen molar-refractivity contribution in [3.63, 3.8) is 0 Å². The zero-order chi connectivity index (χ0) is 10.7. The Kier molecular flexibility index (Phi) is 3.44. The lowest BCUT2D eigenvalue weighted by Crippen LogP contribution is -2.30. The quantitative estimate of drug-likeness (QED) is 0.451. The zero-order valence-corrected chi connectivity index (χ0v) is 9.38. The Bertz CT molecular complexity index is 461. The van der Waals surface area contributed by atoms with Crippen molar-refractivity contribution in [1.82, 2.24) is 9.97 Å². The number of rotatable bonds is 2. The van der Waals surface area contributed by atoms with Crippen LogP contribution in [0, 0.1) is 3.70 Å². The Labute approximate surface area is 91.8 Å². The van der Waals surface area contributed by atoms with Crippen LogP contribution in [0.3, 0.4) is 0 Å². The van der Waals surface area contributed by atoms with Crippen molar-refractivity contribution in [2.75, 3.05) is 6.61 Å². The Morgan fingerprint density at radius 2 is 2.07 bits per heavy atom. The second-order valence-electron chi connectivity index (χ2n) is 2.32. The van der Waals surface area contributed by atoms with Gasteiger partial charge in [0.2, 0.25) is 0 Å². The lowest BCUT2D eigenvalue weighted by Gasteiger charge is -2.01. The van der Waals surface area contributed by atoms with Crippen molar-refractivity contribution in [2.45, 2.75) is 6.92 Å². The summed E-state index contributed by atoms with van der Waals surface area (Å²) in [5.74, 6) is -0.741. The number of halogens is 1. The lowest BCUT2D eigenvalue weighted by atomic mass is 10.3. The molecule has 0 fully saturated rings. The molecule has 0 saturated heterocycles. The smallest absolute Gasteiger partial charge is 0.346 e. The van der Waals surface area contributed by atoms with Crippen LogP contribution in [0.25, 0.3) is 0 Å². The van der Waals surface area contributed by atoms with Crippen LogP contribution >= 0.6 is 22.6 Å². The molecule has 1 aromatic heterocycles. The number of carbonyl (C=O) groups is 1. The van der Waals surface area contributed by atoms with Gasteiger partial charge in [-0.05, 0) is 29.5 Å². The normalized spacial score (nSPS) is 9.86. The molecule has 0 aliphatic heterocycles. The molecule has 0 aliphatic carbocycles. The van der Waals surface area contributed by atoms with Gasteiger partial charge >= 0.3 is 11.7 Å². The number of esters is 1. The highest BCUT2D eigenvalue weighted by molar-refractivity contribution is 14.1. The highest BCUT2D eigenvalue weighted by Gasteiger charge is 2.16. The molecule has 0 radical (unpaired) electrons. The summed E-state index contributed by atoms with van der Waals surface area (Å²) in [5.41, 5.74) is -1.56. The van der Waals surface area contributed by atoms with Gasteiger partial charge in [0.25, 0.3) is 5.56 Å². The Morgan fingerprint density at radius 1 is 1.43 bits per heavy atom. The fourth-order valence-electron chi connectivity index (χ4n) is 0.844. The molecule has 76 valence electrons. The standard InChI is InChI=1S/C7H7IN2O4/c1-2-14-6(12)3-4(8)9-7(13)10-5(3)11/h2H2,1H3,(H2,9,10,11,13). The van der Waals surface area contributed by atoms with Gasteiger partial charge in [-0.25, -0.2) is 9.59 Å². The van der Waals surface area contributed by atoms with Crippen LogP contribution in [0.15, 0.2) is 9.59 Å². The topological polar surface area (TPSA) is 92.0 Å². The molecular weight excluding hydrogens is 303 g/mol. The molecule has 0 atom stereocenters. The van der Waals surface area contributed by atoms with Crippen LogP contribution in [-0.4, -0.2) is 22.5 Å². The first-order valence-electron chi connectivity index (χ1n) is 3.75. The molecular formula is C7H7IN2O4. The molecule has 7 heteroatoms. The Hall–Kier alpha value is -1.12. The van der Waals surface area contributed by atoms with E-state index < -0.39 is 17.2 Å². The van der Waals surface area contributed by atoms with Gasteiger partial charge < -0.3 is 9.72 Å². The van der Waals surface area contributed by atoms with Crippen LogP contribution in [0.5, 0.6) is 0 Å². The highest BCUT2D eigenvalue weighted by atomic mass is 127. The highest BCUT2D eigenvalue weighted by Crippen LogP contribution is 2.02. The molecule has 0 aliphatic rings. The van der Waals surface area contributed by atoms with Gasteiger partial charge in [-0.1, -0.05) is 0 Å². The Balaban J connectivity index is 3.28. The number of nitrogens with one attached hydrogen (secondary N) is 2. The summed E-state index contributed by atoms with van der Waals surface area (Å²) in [7, 11) is 0. The van der Waals surface area contributed by atoms with Crippen molar-refractivity contribution in [1.29, 1.82) is 0 Å². The van der Waals surface area contributed by atoms with E-state index in [-0.39, 0.29) is 15.9 Å². The maximum Gasteiger partial charge on any atom is 0.346 e. The van der Waals surface area contributed by atoms with Crippen LogP contribution in [-0.2, 0) is 4.74 Å². The van der Waals surface area contributed by atoms with E-state index in [1.54, 1.807) is 29.5 Å². The fraction of sp³-hybridized carbons (Fsp3) is 0.286. The molecule has 14 heavy (non-hydrogen) atoms. The van der Waals surface area contributed by atoms with Crippen molar-refractivity contribution in [3.05, 3.63) is 30.1 Å². The largest absolute Gasteiger partial charge is 0.462 e. The van der Waals surface area contributed by atoms with Crippen LogP contribution < -0.4 is 11.2 Å². The van der Waals surface area contributed by atoms with Crippen molar-refractivity contribution >= 4 is 28.6 Å². The van der Waals surface area contributed by atoms with Crippen molar-refractivity contribution in [3.8, 4) is 0 Å². The Morgan fingerprint density at radius 3 is 2.57 bits per heavy atom. The van der Waals surface area contributed by atoms with E-state index in [0.717, 1.165) is 0 Å². The zero-order valence-electron chi connectivity index (χ0n) is 7.22. The lowest BCUT2D eigenvalue weighted by molar-refractivity contribution is 0.0522. The SMILES string of the molecule is CCOC(=O)c1c(I)[nH]c(=O)[nH]c1=O. The average Bonchev–Trinajstić information content (AvgIpc) is 2.01. The molecule has 0 bridgehead atoms. The predicted molar refractivity (Wildman–Crippen MR) is 56.4 cm³/mol. The molecule has 0 saturated carbocycles. The number of aromatic amines is 2. The van der Waals surface area contributed by atoms with Gasteiger partial charge in [-0.15, -0.1) is 0 Å². The third-order valence-corrected chi connectivity index (χ3v) is 2.19. The first kappa shape index (κ1) is 11.0. The molecule has 6 nitrogen and oxygen atoms in total. The second kappa shape index (κ2) is 4.40.